The number of carbonyl (C=O) groups excluding carboxylic acids is 1. The van der Waals surface area contributed by atoms with Crippen LogP contribution in [0, 0.1) is 0 Å². The molecule has 9 heteroatoms. The van der Waals surface area contributed by atoms with Crippen molar-refractivity contribution in [1.29, 1.82) is 0 Å². The van der Waals surface area contributed by atoms with Crippen LogP contribution >= 0.6 is 7.82 Å². The van der Waals surface area contributed by atoms with Crippen LogP contribution in [0.5, 0.6) is 0 Å². The van der Waals surface area contributed by atoms with E-state index in [9.17, 15) is 14.3 Å². The van der Waals surface area contributed by atoms with Gasteiger partial charge in [-0.15, -0.1) is 0 Å². The van der Waals surface area contributed by atoms with Gasteiger partial charge in [0.15, 0.2) is 0 Å². The number of likely N-dealkylation sites (N-methyl/N-ethyl adjacent to an activating group) is 1. The zero-order valence-electron chi connectivity index (χ0n) is 44.0. The molecule has 386 valence electrons. The molecule has 0 aliphatic carbocycles. The molecule has 8 nitrogen and oxygen atoms in total. The third kappa shape index (κ3) is 53.8. The molecular formula is C56H110NO7P. The number of phosphoric acid groups is 1. The Morgan fingerprint density at radius 1 is 0.477 bits per heavy atom. The molecule has 2 atom stereocenters. The Bertz CT molecular complexity index is 1090. The van der Waals surface area contributed by atoms with E-state index >= 15 is 0 Å². The molecule has 0 aliphatic heterocycles. The molecule has 0 saturated heterocycles. The maximum atomic E-state index is 12.8. The predicted octanol–water partition coefficient (Wildman–Crippen LogP) is 16.9. The fourth-order valence-corrected chi connectivity index (χ4v) is 8.90. The van der Waals surface area contributed by atoms with Gasteiger partial charge in [0.2, 0.25) is 0 Å². The molecule has 0 aliphatic rings. The van der Waals surface area contributed by atoms with Crippen molar-refractivity contribution in [3.8, 4) is 0 Å². The van der Waals surface area contributed by atoms with E-state index < -0.39 is 13.9 Å². The summed E-state index contributed by atoms with van der Waals surface area (Å²) in [6.07, 6.45) is 59.2. The molecular weight excluding hydrogens is 830 g/mol. The van der Waals surface area contributed by atoms with E-state index in [2.05, 4.69) is 38.2 Å². The van der Waals surface area contributed by atoms with Gasteiger partial charge in [-0.2, -0.15) is 0 Å². The number of unbranched alkanes of at least 4 members (excludes halogenated alkanes) is 35. The van der Waals surface area contributed by atoms with Gasteiger partial charge in [-0.3, -0.25) is 9.36 Å². The Morgan fingerprint density at radius 3 is 1.25 bits per heavy atom. The summed E-state index contributed by atoms with van der Waals surface area (Å²) >= 11 is 0. The van der Waals surface area contributed by atoms with Crippen molar-refractivity contribution in [1.82, 2.24) is 0 Å². The number of allylic oxidation sites excluding steroid dienone is 4. The smallest absolute Gasteiger partial charge is 0.306 e. The fourth-order valence-electron chi connectivity index (χ4n) is 8.17. The summed E-state index contributed by atoms with van der Waals surface area (Å²) in [4.78, 5) is 25.2. The first-order valence-electron chi connectivity index (χ1n) is 28.1. The van der Waals surface area contributed by atoms with Crippen LogP contribution in [0.15, 0.2) is 24.3 Å². The molecule has 2 unspecified atom stereocenters. The summed E-state index contributed by atoms with van der Waals surface area (Å²) in [6, 6.07) is 0. The van der Waals surface area contributed by atoms with Gasteiger partial charge in [0.1, 0.15) is 19.3 Å². The number of hydrogen-bond acceptors (Lipinski definition) is 7. The summed E-state index contributed by atoms with van der Waals surface area (Å²) in [5, 5.41) is 0. The Labute approximate surface area is 404 Å². The maximum Gasteiger partial charge on any atom is 0.306 e. The standard InChI is InChI=1S/C56H110NO7P/c1-6-8-10-12-14-16-18-20-22-24-26-28-30-32-34-36-38-40-42-44-46-48-51-61-53-55(54-63-65(59,60)62-52-50-57(3,4)5)64-56(58)49-47-45-43-41-39-37-35-33-31-29-27-25-23-21-19-17-15-13-11-9-7-2/h18,20,24,26,55H,6-17,19,21-23,25,27-54H2,1-5H3/b20-18-,26-24-. The minimum Gasteiger partial charge on any atom is -0.756 e. The molecule has 0 aromatic heterocycles. The first-order chi connectivity index (χ1) is 31.6. The van der Waals surface area contributed by atoms with Crippen molar-refractivity contribution in [2.24, 2.45) is 0 Å². The lowest BCUT2D eigenvalue weighted by Crippen LogP contribution is -2.37. The lowest BCUT2D eigenvalue weighted by Gasteiger charge is -2.28. The van der Waals surface area contributed by atoms with Gasteiger partial charge < -0.3 is 27.9 Å². The zero-order chi connectivity index (χ0) is 47.6. The van der Waals surface area contributed by atoms with Crippen LogP contribution in [0.3, 0.4) is 0 Å². The molecule has 0 N–H and O–H groups in total. The van der Waals surface area contributed by atoms with E-state index in [0.717, 1.165) is 38.5 Å². The highest BCUT2D eigenvalue weighted by Crippen LogP contribution is 2.38. The first kappa shape index (κ1) is 64.0. The highest BCUT2D eigenvalue weighted by atomic mass is 31.2. The SMILES string of the molecule is CCCCCCC/C=C\C/C=C\CCCCCCCCCCCCOCC(COP(=O)([O-])OCC[N+](C)(C)C)OC(=O)CCCCCCCCCCCCCCCCCCCCCCC. The summed E-state index contributed by atoms with van der Waals surface area (Å²) in [5.74, 6) is -0.328. The first-order valence-corrected chi connectivity index (χ1v) is 29.5. The number of hydrogen-bond donors (Lipinski definition) is 0. The molecule has 0 aromatic carbocycles. The van der Waals surface area contributed by atoms with E-state index in [1.165, 1.54) is 212 Å². The van der Waals surface area contributed by atoms with Gasteiger partial charge in [0.25, 0.3) is 7.82 Å². The largest absolute Gasteiger partial charge is 0.756 e. The third-order valence-electron chi connectivity index (χ3n) is 12.5. The minimum absolute atomic E-state index is 0.0281. The van der Waals surface area contributed by atoms with E-state index in [-0.39, 0.29) is 25.8 Å². The van der Waals surface area contributed by atoms with Crippen LogP contribution in [-0.2, 0) is 27.9 Å². The topological polar surface area (TPSA) is 94.1 Å². The number of rotatable bonds is 53. The van der Waals surface area contributed by atoms with Crippen molar-refractivity contribution in [2.75, 3.05) is 54.1 Å². The lowest BCUT2D eigenvalue weighted by molar-refractivity contribution is -0.870. The number of esters is 1. The van der Waals surface area contributed by atoms with E-state index in [4.69, 9.17) is 18.5 Å². The Hall–Kier alpha value is -1.02. The lowest BCUT2D eigenvalue weighted by atomic mass is 10.0. The number of nitrogens with zero attached hydrogens (tertiary/aromatic N) is 1. The van der Waals surface area contributed by atoms with Crippen LogP contribution in [-0.4, -0.2) is 70.7 Å². The molecule has 0 radical (unpaired) electrons. The molecule has 0 rings (SSSR count). The second-order valence-corrected chi connectivity index (χ2v) is 21.7. The molecule has 65 heavy (non-hydrogen) atoms. The van der Waals surface area contributed by atoms with Gasteiger partial charge >= 0.3 is 5.97 Å². The molecule has 0 spiro atoms. The average Bonchev–Trinajstić information content (AvgIpc) is 3.27. The molecule has 0 aromatic rings. The number of carbonyl (C=O) groups is 1. The number of quaternary nitrogens is 1. The van der Waals surface area contributed by atoms with Gasteiger partial charge in [-0.25, -0.2) is 0 Å². The second kappa shape index (κ2) is 49.4. The van der Waals surface area contributed by atoms with Crippen molar-refractivity contribution in [3.63, 3.8) is 0 Å². The van der Waals surface area contributed by atoms with Crippen LogP contribution in [0.2, 0.25) is 0 Å². The molecule has 0 heterocycles. The highest BCUT2D eigenvalue weighted by Gasteiger charge is 2.20. The van der Waals surface area contributed by atoms with Gasteiger partial charge in [-0.05, 0) is 44.9 Å². The monoisotopic (exact) mass is 940 g/mol. The third-order valence-corrected chi connectivity index (χ3v) is 13.5. The van der Waals surface area contributed by atoms with Crippen LogP contribution in [0.4, 0.5) is 0 Å². The Kier molecular flexibility index (Phi) is 48.6. The molecule has 0 fully saturated rings. The molecule has 0 saturated carbocycles. The van der Waals surface area contributed by atoms with Crippen molar-refractivity contribution in [2.45, 2.75) is 277 Å². The summed E-state index contributed by atoms with van der Waals surface area (Å²) in [7, 11) is 1.37. The average molecular weight is 940 g/mol. The van der Waals surface area contributed by atoms with Crippen molar-refractivity contribution in [3.05, 3.63) is 24.3 Å². The zero-order valence-corrected chi connectivity index (χ0v) is 44.9. The van der Waals surface area contributed by atoms with Crippen molar-refractivity contribution >= 4 is 13.8 Å². The maximum absolute atomic E-state index is 12.8. The van der Waals surface area contributed by atoms with E-state index in [0.29, 0.717) is 24.1 Å². The van der Waals surface area contributed by atoms with Gasteiger partial charge in [0.05, 0.1) is 34.4 Å². The summed E-state index contributed by atoms with van der Waals surface area (Å²) in [5.41, 5.74) is 0. The summed E-state index contributed by atoms with van der Waals surface area (Å²) in [6.45, 7) is 5.46. The van der Waals surface area contributed by atoms with Crippen LogP contribution in [0.1, 0.15) is 271 Å². The van der Waals surface area contributed by atoms with Crippen molar-refractivity contribution < 1.29 is 37.3 Å². The fraction of sp³-hybridized carbons (Fsp3) is 0.911. The second-order valence-electron chi connectivity index (χ2n) is 20.3. The van der Waals surface area contributed by atoms with Gasteiger partial charge in [-0.1, -0.05) is 244 Å². The highest BCUT2D eigenvalue weighted by molar-refractivity contribution is 7.45. The van der Waals surface area contributed by atoms with E-state index in [1.54, 1.807) is 0 Å². The van der Waals surface area contributed by atoms with Crippen LogP contribution in [0.25, 0.3) is 0 Å². The molecule has 0 amide bonds. The quantitative estimate of drug-likeness (QED) is 0.0197. The van der Waals surface area contributed by atoms with Gasteiger partial charge in [0, 0.05) is 13.0 Å². The Morgan fingerprint density at radius 2 is 0.846 bits per heavy atom. The minimum atomic E-state index is -4.53. The van der Waals surface area contributed by atoms with Crippen LogP contribution < -0.4 is 4.89 Å². The summed E-state index contributed by atoms with van der Waals surface area (Å²) < 4.78 is 34.8. The normalized spacial score (nSPS) is 13.6. The number of phosphoric ester groups is 1. The molecule has 0 bridgehead atoms. The Balaban J connectivity index is 4.07. The number of ether oxygens (including phenoxy) is 2. The predicted molar refractivity (Wildman–Crippen MR) is 277 cm³/mol. The van der Waals surface area contributed by atoms with E-state index in [1.807, 2.05) is 21.1 Å².